The quantitative estimate of drug-likeness (QED) is 0.405. The van der Waals surface area contributed by atoms with Gasteiger partial charge >= 0.3 is 6.09 Å². The van der Waals surface area contributed by atoms with E-state index >= 15 is 0 Å². The third kappa shape index (κ3) is 6.26. The zero-order valence-electron chi connectivity index (χ0n) is 23.7. The van der Waals surface area contributed by atoms with Crippen molar-refractivity contribution in [1.82, 2.24) is 20.4 Å². The number of piperidine rings is 2. The fourth-order valence-electron chi connectivity index (χ4n) is 6.24. The number of rotatable bonds is 6. The number of alkyl carbamates (subject to hydrolysis) is 1. The lowest BCUT2D eigenvalue weighted by Gasteiger charge is -2.40. The number of nitrogens with one attached hydrogen (secondary N) is 2. The smallest absolute Gasteiger partial charge is 0.408 e. The van der Waals surface area contributed by atoms with Crippen LogP contribution in [0.3, 0.4) is 0 Å². The van der Waals surface area contributed by atoms with Crippen LogP contribution in [0.5, 0.6) is 5.75 Å². The topological polar surface area (TPSA) is 117 Å². The molecule has 3 heterocycles. The SMILES string of the molecule is CC(C)(C)OC(=O)NC1(CN2CCCC/C2=C/Oc2ccc3c(c2)CN(C2CCC(=O)NC2=O)C3=O)CCCC1. The van der Waals surface area contributed by atoms with Gasteiger partial charge in [0, 0.05) is 37.3 Å². The Morgan fingerprint density at radius 3 is 2.62 bits per heavy atom. The number of likely N-dealkylation sites (tertiary alicyclic amines) is 1. The van der Waals surface area contributed by atoms with Crippen molar-refractivity contribution >= 4 is 23.8 Å². The fraction of sp³-hybridized carbons (Fsp3) is 0.600. The molecular formula is C30H40N4O6. The minimum Gasteiger partial charge on any atom is -0.463 e. The zero-order valence-corrected chi connectivity index (χ0v) is 23.7. The summed E-state index contributed by atoms with van der Waals surface area (Å²) in [5, 5.41) is 5.54. The van der Waals surface area contributed by atoms with Crippen LogP contribution in [0, 0.1) is 0 Å². The lowest BCUT2D eigenvalue weighted by molar-refractivity contribution is -0.136. The van der Waals surface area contributed by atoms with Crippen LogP contribution in [0.4, 0.5) is 4.79 Å². The normalized spacial score (nSPS) is 23.7. The summed E-state index contributed by atoms with van der Waals surface area (Å²) in [4.78, 5) is 53.4. The van der Waals surface area contributed by atoms with E-state index in [4.69, 9.17) is 9.47 Å². The Bertz CT molecular complexity index is 1210. The molecule has 2 N–H and O–H groups in total. The first kappa shape index (κ1) is 28.0. The van der Waals surface area contributed by atoms with Gasteiger partial charge in [-0.3, -0.25) is 19.7 Å². The Balaban J connectivity index is 1.26. The number of nitrogens with zero attached hydrogens (tertiary/aromatic N) is 2. The van der Waals surface area contributed by atoms with E-state index in [0.29, 0.717) is 30.8 Å². The molecule has 3 aliphatic heterocycles. The Labute approximate surface area is 235 Å². The van der Waals surface area contributed by atoms with Crippen molar-refractivity contribution in [3.63, 3.8) is 0 Å². The highest BCUT2D eigenvalue weighted by Gasteiger charge is 2.40. The third-order valence-corrected chi connectivity index (χ3v) is 8.16. The molecule has 10 nitrogen and oxygen atoms in total. The summed E-state index contributed by atoms with van der Waals surface area (Å²) in [6.45, 7) is 7.53. The second-order valence-corrected chi connectivity index (χ2v) is 12.4. The number of ether oxygens (including phenoxy) is 2. The van der Waals surface area contributed by atoms with Crippen LogP contribution in [0.1, 0.15) is 94.5 Å². The lowest BCUT2D eigenvalue weighted by atomic mass is 9.95. The molecule has 4 aliphatic rings. The molecule has 0 radical (unpaired) electrons. The van der Waals surface area contributed by atoms with E-state index < -0.39 is 17.6 Å². The molecule has 1 atom stereocenters. The number of hydrogen-bond donors (Lipinski definition) is 2. The van der Waals surface area contributed by atoms with Crippen LogP contribution in [-0.4, -0.2) is 63.9 Å². The molecule has 4 amide bonds. The van der Waals surface area contributed by atoms with Gasteiger partial charge in [-0.15, -0.1) is 0 Å². The van der Waals surface area contributed by atoms with Gasteiger partial charge in [0.15, 0.2) is 0 Å². The number of hydrogen-bond acceptors (Lipinski definition) is 7. The van der Waals surface area contributed by atoms with E-state index in [2.05, 4.69) is 15.5 Å². The van der Waals surface area contributed by atoms with Crippen LogP contribution < -0.4 is 15.4 Å². The number of amides is 4. The standard InChI is InChI=1S/C30H40N4O6/c1-29(2,3)40-28(38)32-30(13-5-6-14-30)19-33-15-7-4-8-21(33)18-39-22-9-10-23-20(16-22)17-34(27(23)37)24-11-12-25(35)31-26(24)36/h9-10,16,18,24H,4-8,11-15,17,19H2,1-3H3,(H,32,38)(H,31,35,36)/b21-18-. The number of imide groups is 1. The zero-order chi connectivity index (χ0) is 28.5. The summed E-state index contributed by atoms with van der Waals surface area (Å²) in [5.74, 6) is -0.299. The van der Waals surface area contributed by atoms with Gasteiger partial charge in [0.25, 0.3) is 5.91 Å². The second kappa shape index (κ2) is 11.1. The Kier molecular flexibility index (Phi) is 7.79. The number of allylic oxidation sites excluding steroid dienone is 1. The summed E-state index contributed by atoms with van der Waals surface area (Å²) in [6, 6.07) is 4.73. The molecule has 216 valence electrons. The van der Waals surface area contributed by atoms with Crippen LogP contribution in [0.2, 0.25) is 0 Å². The first-order valence-corrected chi connectivity index (χ1v) is 14.4. The second-order valence-electron chi connectivity index (χ2n) is 12.4. The molecule has 0 spiro atoms. The first-order chi connectivity index (χ1) is 19.0. The highest BCUT2D eigenvalue weighted by Crippen LogP contribution is 2.34. The summed E-state index contributed by atoms with van der Waals surface area (Å²) in [5.41, 5.74) is 1.57. The average Bonchev–Trinajstić information content (AvgIpc) is 3.46. The van der Waals surface area contributed by atoms with Gasteiger partial charge in [0.2, 0.25) is 11.8 Å². The van der Waals surface area contributed by atoms with Gasteiger partial charge in [-0.25, -0.2) is 4.79 Å². The molecule has 40 heavy (non-hydrogen) atoms. The van der Waals surface area contributed by atoms with Crippen molar-refractivity contribution in [3.8, 4) is 5.75 Å². The molecule has 0 bridgehead atoms. The Morgan fingerprint density at radius 2 is 1.90 bits per heavy atom. The summed E-state index contributed by atoms with van der Waals surface area (Å²) in [6.07, 6.45) is 9.00. The molecule has 1 unspecified atom stereocenters. The predicted octanol–water partition coefficient (Wildman–Crippen LogP) is 3.99. The Morgan fingerprint density at radius 1 is 1.12 bits per heavy atom. The van der Waals surface area contributed by atoms with Gasteiger partial charge in [-0.05, 0) is 83.1 Å². The largest absolute Gasteiger partial charge is 0.463 e. The van der Waals surface area contributed by atoms with E-state index in [-0.39, 0.29) is 29.9 Å². The molecule has 1 saturated carbocycles. The molecule has 1 aromatic rings. The van der Waals surface area contributed by atoms with Gasteiger partial charge in [0.05, 0.1) is 5.54 Å². The maximum atomic E-state index is 13.0. The predicted molar refractivity (Wildman–Crippen MR) is 147 cm³/mol. The van der Waals surface area contributed by atoms with Gasteiger partial charge in [0.1, 0.15) is 23.7 Å². The molecule has 2 saturated heterocycles. The van der Waals surface area contributed by atoms with Gasteiger partial charge in [-0.1, -0.05) is 12.8 Å². The van der Waals surface area contributed by atoms with E-state index in [0.717, 1.165) is 62.8 Å². The summed E-state index contributed by atoms with van der Waals surface area (Å²) in [7, 11) is 0. The molecule has 0 aromatic heterocycles. The van der Waals surface area contributed by atoms with Crippen LogP contribution in [0.25, 0.3) is 0 Å². The fourth-order valence-corrected chi connectivity index (χ4v) is 6.24. The van der Waals surface area contributed by atoms with E-state index in [1.165, 1.54) is 4.90 Å². The maximum Gasteiger partial charge on any atom is 0.408 e. The molecule has 5 rings (SSSR count). The van der Waals surface area contributed by atoms with Crippen LogP contribution in [0.15, 0.2) is 30.2 Å². The van der Waals surface area contributed by atoms with Crippen molar-refractivity contribution in [1.29, 1.82) is 0 Å². The van der Waals surface area contributed by atoms with E-state index in [1.54, 1.807) is 18.4 Å². The minimum atomic E-state index is -0.642. The minimum absolute atomic E-state index is 0.202. The lowest BCUT2D eigenvalue weighted by Crippen LogP contribution is -2.55. The maximum absolute atomic E-state index is 13.0. The average molecular weight is 553 g/mol. The Hall–Kier alpha value is -3.56. The van der Waals surface area contributed by atoms with Crippen molar-refractivity contribution in [2.24, 2.45) is 0 Å². The van der Waals surface area contributed by atoms with Crippen molar-refractivity contribution in [3.05, 3.63) is 41.3 Å². The third-order valence-electron chi connectivity index (χ3n) is 8.16. The number of carbonyl (C=O) groups is 4. The number of benzene rings is 1. The summed E-state index contributed by atoms with van der Waals surface area (Å²) < 4.78 is 11.7. The van der Waals surface area contributed by atoms with Crippen LogP contribution >= 0.6 is 0 Å². The molecule has 1 aliphatic carbocycles. The van der Waals surface area contributed by atoms with Crippen molar-refractivity contribution in [2.75, 3.05) is 13.1 Å². The summed E-state index contributed by atoms with van der Waals surface area (Å²) >= 11 is 0. The highest BCUT2D eigenvalue weighted by molar-refractivity contribution is 6.05. The highest BCUT2D eigenvalue weighted by atomic mass is 16.6. The van der Waals surface area contributed by atoms with Gasteiger partial charge < -0.3 is 24.6 Å². The molecular weight excluding hydrogens is 512 g/mol. The van der Waals surface area contributed by atoms with Crippen LogP contribution in [-0.2, 0) is 20.9 Å². The first-order valence-electron chi connectivity index (χ1n) is 14.4. The van der Waals surface area contributed by atoms with Crippen molar-refractivity contribution < 1.29 is 28.7 Å². The molecule has 10 heteroatoms. The monoisotopic (exact) mass is 552 g/mol. The molecule has 3 fully saturated rings. The van der Waals surface area contributed by atoms with E-state index in [9.17, 15) is 19.2 Å². The van der Waals surface area contributed by atoms with E-state index in [1.807, 2.05) is 26.8 Å². The number of fused-ring (bicyclic) bond motifs is 1. The molecule has 1 aromatic carbocycles. The van der Waals surface area contributed by atoms with Crippen molar-refractivity contribution in [2.45, 2.75) is 102 Å². The number of carbonyl (C=O) groups excluding carboxylic acids is 4. The van der Waals surface area contributed by atoms with Gasteiger partial charge in [-0.2, -0.15) is 0 Å².